The van der Waals surface area contributed by atoms with Gasteiger partial charge in [-0.25, -0.2) is 0 Å². The molecule has 1 aromatic carbocycles. The molecular weight excluding hydrogens is 312 g/mol. The fourth-order valence-electron chi connectivity index (χ4n) is 1.90. The van der Waals surface area contributed by atoms with Gasteiger partial charge in [0, 0.05) is 29.3 Å². The van der Waals surface area contributed by atoms with Gasteiger partial charge in [-0.15, -0.1) is 0 Å². The number of nitrogens with one attached hydrogen (secondary N) is 1. The largest absolute Gasteiger partial charge is 0.383 e. The van der Waals surface area contributed by atoms with Crippen LogP contribution in [0.3, 0.4) is 0 Å². The van der Waals surface area contributed by atoms with Crippen LogP contribution in [-0.2, 0) is 11.2 Å². The lowest BCUT2D eigenvalue weighted by atomic mass is 10.0. The second-order valence-corrected chi connectivity index (χ2v) is 5.26. The minimum absolute atomic E-state index is 0.0814. The Bertz CT molecular complexity index is 426. The fourth-order valence-corrected chi connectivity index (χ4v) is 2.31. The van der Waals surface area contributed by atoms with E-state index in [1.54, 1.807) is 19.2 Å². The summed E-state index contributed by atoms with van der Waals surface area (Å²) in [5.74, 6) is 0. The molecule has 19 heavy (non-hydrogen) atoms. The van der Waals surface area contributed by atoms with E-state index in [1.165, 1.54) is 6.07 Å². The summed E-state index contributed by atoms with van der Waals surface area (Å²) in [6.45, 7) is 3.48. The molecule has 0 heterocycles. The van der Waals surface area contributed by atoms with Crippen molar-refractivity contribution in [3.8, 4) is 0 Å². The van der Waals surface area contributed by atoms with Gasteiger partial charge in [0.1, 0.15) is 0 Å². The summed E-state index contributed by atoms with van der Waals surface area (Å²) in [5, 5.41) is 14.4. The second-order valence-electron chi connectivity index (χ2n) is 4.34. The predicted octanol–water partition coefficient (Wildman–Crippen LogP) is 2.91. The van der Waals surface area contributed by atoms with E-state index < -0.39 is 0 Å². The van der Waals surface area contributed by atoms with Crippen molar-refractivity contribution in [3.63, 3.8) is 0 Å². The summed E-state index contributed by atoms with van der Waals surface area (Å²) in [7, 11) is 1.63. The molecule has 0 bridgehead atoms. The third kappa shape index (κ3) is 5.26. The highest BCUT2D eigenvalue weighted by atomic mass is 79.9. The van der Waals surface area contributed by atoms with Crippen molar-refractivity contribution < 1.29 is 9.66 Å². The molecule has 0 amide bonds. The van der Waals surface area contributed by atoms with Gasteiger partial charge in [-0.2, -0.15) is 0 Å². The summed E-state index contributed by atoms with van der Waals surface area (Å²) in [5.41, 5.74) is 0.868. The first-order valence-electron chi connectivity index (χ1n) is 6.23. The second kappa shape index (κ2) is 8.24. The molecule has 0 aliphatic rings. The fraction of sp³-hybridized carbons (Fsp3) is 0.538. The van der Waals surface area contributed by atoms with Crippen LogP contribution < -0.4 is 5.32 Å². The zero-order valence-corrected chi connectivity index (χ0v) is 12.8. The summed E-state index contributed by atoms with van der Waals surface area (Å²) in [4.78, 5) is 10.7. The minimum Gasteiger partial charge on any atom is -0.383 e. The van der Waals surface area contributed by atoms with Crippen LogP contribution in [0.15, 0.2) is 22.7 Å². The van der Waals surface area contributed by atoms with Crippen molar-refractivity contribution in [2.75, 3.05) is 20.3 Å². The molecule has 0 aliphatic carbocycles. The molecule has 1 unspecified atom stereocenters. The number of hydrogen-bond acceptors (Lipinski definition) is 4. The number of halogens is 1. The third-order valence-corrected chi connectivity index (χ3v) is 3.25. The average Bonchev–Trinajstić information content (AvgIpc) is 2.36. The lowest BCUT2D eigenvalue weighted by Gasteiger charge is -2.17. The first-order valence-corrected chi connectivity index (χ1v) is 7.03. The lowest BCUT2D eigenvalue weighted by Crippen LogP contribution is -2.35. The van der Waals surface area contributed by atoms with Crippen molar-refractivity contribution in [2.45, 2.75) is 25.8 Å². The molecule has 0 saturated heterocycles. The topological polar surface area (TPSA) is 64.4 Å². The summed E-state index contributed by atoms with van der Waals surface area (Å²) >= 11 is 3.35. The van der Waals surface area contributed by atoms with Gasteiger partial charge >= 0.3 is 0 Å². The summed E-state index contributed by atoms with van der Waals surface area (Å²) in [6.07, 6.45) is 1.59. The van der Waals surface area contributed by atoms with Crippen molar-refractivity contribution in [1.29, 1.82) is 0 Å². The molecule has 0 aromatic heterocycles. The number of methoxy groups -OCH3 is 1. The maximum Gasteiger partial charge on any atom is 0.272 e. The van der Waals surface area contributed by atoms with Crippen molar-refractivity contribution in [3.05, 3.63) is 38.3 Å². The van der Waals surface area contributed by atoms with Crippen LogP contribution in [0.1, 0.15) is 18.9 Å². The number of nitro groups is 1. The maximum atomic E-state index is 11.0. The highest BCUT2D eigenvalue weighted by Crippen LogP contribution is 2.24. The van der Waals surface area contributed by atoms with Crippen LogP contribution in [0.4, 0.5) is 5.69 Å². The zero-order valence-electron chi connectivity index (χ0n) is 11.2. The van der Waals surface area contributed by atoms with E-state index >= 15 is 0 Å². The number of rotatable bonds is 8. The van der Waals surface area contributed by atoms with E-state index in [9.17, 15) is 10.1 Å². The molecular formula is C13H19BrN2O3. The highest BCUT2D eigenvalue weighted by molar-refractivity contribution is 9.10. The molecule has 0 saturated carbocycles. The summed E-state index contributed by atoms with van der Waals surface area (Å²) in [6, 6.07) is 5.10. The van der Waals surface area contributed by atoms with Crippen LogP contribution in [0, 0.1) is 10.1 Å². The standard InChI is InChI=1S/C13H19BrN2O3/c1-3-6-15-12(9-19-2)8-10-7-11(14)4-5-13(10)16(17)18/h4-5,7,12,15H,3,6,8-9H2,1-2H3. The molecule has 5 nitrogen and oxygen atoms in total. The van der Waals surface area contributed by atoms with Crippen LogP contribution in [0.5, 0.6) is 0 Å². The molecule has 6 heteroatoms. The number of nitrogens with zero attached hydrogens (tertiary/aromatic N) is 1. The molecule has 0 fully saturated rings. The van der Waals surface area contributed by atoms with Gasteiger partial charge in [0.05, 0.1) is 11.5 Å². The predicted molar refractivity (Wildman–Crippen MR) is 78.5 cm³/mol. The van der Waals surface area contributed by atoms with Crippen molar-refractivity contribution in [1.82, 2.24) is 5.32 Å². The third-order valence-electron chi connectivity index (χ3n) is 2.76. The smallest absolute Gasteiger partial charge is 0.272 e. The van der Waals surface area contributed by atoms with Gasteiger partial charge in [0.15, 0.2) is 0 Å². The highest BCUT2D eigenvalue weighted by Gasteiger charge is 2.18. The Morgan fingerprint density at radius 3 is 2.84 bits per heavy atom. The normalized spacial score (nSPS) is 12.4. The van der Waals surface area contributed by atoms with Crippen LogP contribution in [0.2, 0.25) is 0 Å². The lowest BCUT2D eigenvalue weighted by molar-refractivity contribution is -0.385. The number of hydrogen-bond donors (Lipinski definition) is 1. The number of benzene rings is 1. The quantitative estimate of drug-likeness (QED) is 0.588. The Kier molecular flexibility index (Phi) is 6.97. The maximum absolute atomic E-state index is 11.0. The molecule has 0 spiro atoms. The van der Waals surface area contributed by atoms with Gasteiger partial charge in [-0.3, -0.25) is 10.1 Å². The van der Waals surface area contributed by atoms with Gasteiger partial charge in [-0.05, 0) is 31.5 Å². The Morgan fingerprint density at radius 1 is 1.53 bits per heavy atom. The summed E-state index contributed by atoms with van der Waals surface area (Å²) < 4.78 is 6.01. The molecule has 1 atom stereocenters. The van der Waals surface area contributed by atoms with E-state index in [0.717, 1.165) is 17.4 Å². The monoisotopic (exact) mass is 330 g/mol. The number of ether oxygens (including phenoxy) is 1. The molecule has 0 aliphatic heterocycles. The van der Waals surface area contributed by atoms with Crippen LogP contribution in [-0.4, -0.2) is 31.2 Å². The van der Waals surface area contributed by atoms with E-state index in [4.69, 9.17) is 4.74 Å². The van der Waals surface area contributed by atoms with Crippen LogP contribution in [0.25, 0.3) is 0 Å². The zero-order chi connectivity index (χ0) is 14.3. The van der Waals surface area contributed by atoms with Gasteiger partial charge in [0.25, 0.3) is 5.69 Å². The van der Waals surface area contributed by atoms with Crippen molar-refractivity contribution in [2.24, 2.45) is 0 Å². The molecule has 1 N–H and O–H groups in total. The first kappa shape index (κ1) is 16.1. The van der Waals surface area contributed by atoms with E-state index in [0.29, 0.717) is 18.6 Å². The van der Waals surface area contributed by atoms with Gasteiger partial charge in [0.2, 0.25) is 0 Å². The van der Waals surface area contributed by atoms with E-state index in [1.807, 2.05) is 0 Å². The molecule has 1 aromatic rings. The van der Waals surface area contributed by atoms with Gasteiger partial charge < -0.3 is 10.1 Å². The van der Waals surface area contributed by atoms with Crippen molar-refractivity contribution >= 4 is 21.6 Å². The van der Waals surface area contributed by atoms with Gasteiger partial charge in [-0.1, -0.05) is 22.9 Å². The van der Waals surface area contributed by atoms with E-state index in [-0.39, 0.29) is 16.7 Å². The Morgan fingerprint density at radius 2 is 2.26 bits per heavy atom. The van der Waals surface area contributed by atoms with Crippen LogP contribution >= 0.6 is 15.9 Å². The first-order chi connectivity index (χ1) is 9.08. The van der Waals surface area contributed by atoms with E-state index in [2.05, 4.69) is 28.2 Å². The molecule has 1 rings (SSSR count). The Hall–Kier alpha value is -0.980. The SMILES string of the molecule is CCCNC(COC)Cc1cc(Br)ccc1[N+](=O)[O-]. The Labute approximate surface area is 121 Å². The average molecular weight is 331 g/mol. The minimum atomic E-state index is -0.342. The molecule has 106 valence electrons. The Balaban J connectivity index is 2.87. The number of nitro benzene ring substituents is 1. The molecule has 0 radical (unpaired) electrons.